The van der Waals surface area contributed by atoms with Gasteiger partial charge in [-0.25, -0.2) is 8.42 Å². The number of benzene rings is 2. The molecule has 0 aromatic heterocycles. The molecule has 150 valence electrons. The molecule has 0 unspecified atom stereocenters. The van der Waals surface area contributed by atoms with E-state index in [9.17, 15) is 13.2 Å². The Morgan fingerprint density at radius 2 is 1.71 bits per heavy atom. The van der Waals surface area contributed by atoms with Gasteiger partial charge in [-0.15, -0.1) is 0 Å². The first-order valence-corrected chi connectivity index (χ1v) is 11.1. The number of halogens is 2. The molecule has 2 N–H and O–H groups in total. The largest absolute Gasteiger partial charge is 0.325 e. The average Bonchev–Trinajstić information content (AvgIpc) is 2.65. The summed E-state index contributed by atoms with van der Waals surface area (Å²) in [6, 6.07) is 11.8. The summed E-state index contributed by atoms with van der Waals surface area (Å²) in [5.74, 6) is -0.150. The zero-order chi connectivity index (χ0) is 20.3. The highest BCUT2D eigenvalue weighted by Gasteiger charge is 2.31. The molecule has 1 aliphatic rings. The van der Waals surface area contributed by atoms with E-state index in [4.69, 9.17) is 23.2 Å². The first kappa shape index (κ1) is 21.1. The Morgan fingerprint density at radius 3 is 2.32 bits per heavy atom. The maximum Gasteiger partial charge on any atom is 0.279 e. The fourth-order valence-corrected chi connectivity index (χ4v) is 4.82. The molecule has 1 fully saturated rings. The third kappa shape index (κ3) is 5.04. The van der Waals surface area contributed by atoms with Crippen LogP contribution in [-0.4, -0.2) is 51.4 Å². The lowest BCUT2D eigenvalue weighted by atomic mass is 10.2. The number of hydrogen-bond donors (Lipinski definition) is 2. The molecule has 0 spiro atoms. The molecule has 9 heteroatoms. The Balaban J connectivity index is 1.54. The zero-order valence-electron chi connectivity index (χ0n) is 15.4. The monoisotopic (exact) mass is 442 g/mol. The lowest BCUT2D eigenvalue weighted by Crippen LogP contribution is -3.15. The summed E-state index contributed by atoms with van der Waals surface area (Å²) < 4.78 is 27.0. The molecule has 1 saturated heterocycles. The van der Waals surface area contributed by atoms with E-state index in [1.165, 1.54) is 4.31 Å². The molecule has 2 aromatic carbocycles. The van der Waals surface area contributed by atoms with Gasteiger partial charge in [-0.3, -0.25) is 4.79 Å². The van der Waals surface area contributed by atoms with Gasteiger partial charge in [0.1, 0.15) is 0 Å². The van der Waals surface area contributed by atoms with E-state index in [0.717, 1.165) is 10.5 Å². The van der Waals surface area contributed by atoms with Crippen LogP contribution < -0.4 is 10.2 Å². The molecule has 0 bridgehead atoms. The second-order valence-electron chi connectivity index (χ2n) is 6.82. The van der Waals surface area contributed by atoms with Gasteiger partial charge in [-0.05, 0) is 37.3 Å². The molecule has 1 heterocycles. The predicted octanol–water partition coefficient (Wildman–Crippen LogP) is 1.83. The number of amides is 1. The lowest BCUT2D eigenvalue weighted by molar-refractivity contribution is -0.895. The summed E-state index contributed by atoms with van der Waals surface area (Å²) in [6.45, 7) is 4.08. The van der Waals surface area contributed by atoms with Crippen molar-refractivity contribution in [3.05, 3.63) is 58.1 Å². The van der Waals surface area contributed by atoms with Crippen LogP contribution in [0.25, 0.3) is 0 Å². The Morgan fingerprint density at radius 1 is 1.07 bits per heavy atom. The topological polar surface area (TPSA) is 70.9 Å². The van der Waals surface area contributed by atoms with Gasteiger partial charge in [0.2, 0.25) is 10.0 Å². The number of anilines is 1. The van der Waals surface area contributed by atoms with E-state index in [2.05, 4.69) is 5.32 Å². The standard InChI is InChI=1S/C19H21Cl2N3O3S/c1-14-2-5-16(6-3-14)28(26,27)24-10-8-23(9-11-24)13-19(25)22-15-4-7-17(20)18(21)12-15/h2-7,12H,8-11,13H2,1H3,(H,22,25)/p+1. The summed E-state index contributed by atoms with van der Waals surface area (Å²) in [7, 11) is -3.50. The van der Waals surface area contributed by atoms with E-state index in [1.807, 2.05) is 6.92 Å². The van der Waals surface area contributed by atoms with Gasteiger partial charge in [-0.1, -0.05) is 40.9 Å². The second kappa shape index (κ2) is 8.80. The van der Waals surface area contributed by atoms with E-state index in [1.54, 1.807) is 42.5 Å². The average molecular weight is 443 g/mol. The van der Waals surface area contributed by atoms with Crippen LogP contribution in [0.1, 0.15) is 5.56 Å². The fraction of sp³-hybridized carbons (Fsp3) is 0.316. The molecule has 6 nitrogen and oxygen atoms in total. The van der Waals surface area contributed by atoms with Crippen LogP contribution in [0.2, 0.25) is 10.0 Å². The zero-order valence-corrected chi connectivity index (χ0v) is 17.7. The number of nitrogens with one attached hydrogen (secondary N) is 2. The van der Waals surface area contributed by atoms with Crippen molar-refractivity contribution in [2.75, 3.05) is 38.0 Å². The van der Waals surface area contributed by atoms with Crippen LogP contribution >= 0.6 is 23.2 Å². The van der Waals surface area contributed by atoms with Gasteiger partial charge < -0.3 is 10.2 Å². The summed E-state index contributed by atoms with van der Waals surface area (Å²) >= 11 is 11.8. The van der Waals surface area contributed by atoms with Crippen molar-refractivity contribution in [1.29, 1.82) is 0 Å². The number of nitrogens with zero attached hydrogens (tertiary/aromatic N) is 1. The minimum atomic E-state index is -3.50. The van der Waals surface area contributed by atoms with Crippen molar-refractivity contribution in [3.8, 4) is 0 Å². The number of piperazine rings is 1. The smallest absolute Gasteiger partial charge is 0.279 e. The maximum atomic E-state index is 12.7. The summed E-state index contributed by atoms with van der Waals surface area (Å²) in [5.41, 5.74) is 1.60. The van der Waals surface area contributed by atoms with Gasteiger partial charge in [0.25, 0.3) is 5.91 Å². The van der Waals surface area contributed by atoms with Gasteiger partial charge in [-0.2, -0.15) is 4.31 Å². The molecule has 1 aliphatic heterocycles. The van der Waals surface area contributed by atoms with Crippen molar-refractivity contribution in [1.82, 2.24) is 4.31 Å². The van der Waals surface area contributed by atoms with E-state index in [-0.39, 0.29) is 12.5 Å². The van der Waals surface area contributed by atoms with Crippen LogP contribution in [-0.2, 0) is 14.8 Å². The quantitative estimate of drug-likeness (QED) is 0.741. The number of rotatable bonds is 5. The molecule has 0 saturated carbocycles. The highest BCUT2D eigenvalue weighted by molar-refractivity contribution is 7.89. The second-order valence-corrected chi connectivity index (χ2v) is 9.57. The number of aryl methyl sites for hydroxylation is 1. The van der Waals surface area contributed by atoms with E-state index >= 15 is 0 Å². The molecule has 0 aliphatic carbocycles. The predicted molar refractivity (Wildman–Crippen MR) is 111 cm³/mol. The molecule has 2 aromatic rings. The third-order valence-electron chi connectivity index (χ3n) is 4.70. The molecular weight excluding hydrogens is 421 g/mol. The van der Waals surface area contributed by atoms with Crippen molar-refractivity contribution < 1.29 is 18.1 Å². The van der Waals surface area contributed by atoms with Crippen LogP contribution in [0.3, 0.4) is 0 Å². The molecular formula is C19H22Cl2N3O3S+. The first-order chi connectivity index (χ1) is 13.3. The number of hydrogen-bond acceptors (Lipinski definition) is 3. The van der Waals surface area contributed by atoms with Gasteiger partial charge in [0.15, 0.2) is 6.54 Å². The summed E-state index contributed by atoms with van der Waals surface area (Å²) in [4.78, 5) is 13.6. The number of carbonyl (C=O) groups excluding carboxylic acids is 1. The highest BCUT2D eigenvalue weighted by Crippen LogP contribution is 2.24. The van der Waals surface area contributed by atoms with Gasteiger partial charge in [0.05, 0.1) is 41.1 Å². The maximum absolute atomic E-state index is 12.7. The highest BCUT2D eigenvalue weighted by atomic mass is 35.5. The minimum Gasteiger partial charge on any atom is -0.325 e. The summed E-state index contributed by atoms with van der Waals surface area (Å²) in [5, 5.41) is 3.60. The van der Waals surface area contributed by atoms with Crippen LogP contribution in [0.4, 0.5) is 5.69 Å². The Bertz CT molecular complexity index is 957. The van der Waals surface area contributed by atoms with Crippen LogP contribution in [0.15, 0.2) is 47.4 Å². The minimum absolute atomic E-state index is 0.150. The molecule has 28 heavy (non-hydrogen) atoms. The fourth-order valence-electron chi connectivity index (χ4n) is 3.09. The van der Waals surface area contributed by atoms with E-state index < -0.39 is 10.0 Å². The molecule has 0 atom stereocenters. The molecule has 1 amide bonds. The Hall–Kier alpha value is -1.64. The SMILES string of the molecule is Cc1ccc(S(=O)(=O)N2CC[NH+](CC(=O)Nc3ccc(Cl)c(Cl)c3)CC2)cc1. The van der Waals surface area contributed by atoms with E-state index in [0.29, 0.717) is 46.8 Å². The van der Waals surface area contributed by atoms with Crippen molar-refractivity contribution in [2.24, 2.45) is 0 Å². The lowest BCUT2D eigenvalue weighted by Gasteiger charge is -2.31. The number of sulfonamides is 1. The van der Waals surface area contributed by atoms with Crippen molar-refractivity contribution in [3.63, 3.8) is 0 Å². The van der Waals surface area contributed by atoms with Crippen molar-refractivity contribution >= 4 is 44.8 Å². The van der Waals surface area contributed by atoms with Gasteiger partial charge in [0, 0.05) is 5.69 Å². The Labute approximate surface area is 175 Å². The van der Waals surface area contributed by atoms with Crippen LogP contribution in [0, 0.1) is 6.92 Å². The number of quaternary nitrogens is 1. The molecule has 3 rings (SSSR count). The molecule has 0 radical (unpaired) electrons. The normalized spacial score (nSPS) is 16.1. The van der Waals surface area contributed by atoms with Crippen molar-refractivity contribution in [2.45, 2.75) is 11.8 Å². The van der Waals surface area contributed by atoms with Gasteiger partial charge >= 0.3 is 0 Å². The summed E-state index contributed by atoms with van der Waals surface area (Å²) in [6.07, 6.45) is 0. The Kier molecular flexibility index (Phi) is 6.62. The third-order valence-corrected chi connectivity index (χ3v) is 7.35. The first-order valence-electron chi connectivity index (χ1n) is 8.91. The number of carbonyl (C=O) groups is 1. The van der Waals surface area contributed by atoms with Crippen LogP contribution in [0.5, 0.6) is 0 Å².